The van der Waals surface area contributed by atoms with E-state index in [2.05, 4.69) is 16.3 Å². The minimum Gasteiger partial charge on any atom is -0.481 e. The van der Waals surface area contributed by atoms with Gasteiger partial charge < -0.3 is 10.0 Å². The lowest BCUT2D eigenvalue weighted by Gasteiger charge is -2.18. The van der Waals surface area contributed by atoms with Gasteiger partial charge in [-0.05, 0) is 29.1 Å². The summed E-state index contributed by atoms with van der Waals surface area (Å²) in [6.07, 6.45) is 0.0783. The van der Waals surface area contributed by atoms with Gasteiger partial charge in [-0.3, -0.25) is 4.79 Å². The van der Waals surface area contributed by atoms with Crippen molar-refractivity contribution in [3.05, 3.63) is 52.2 Å². The second kappa shape index (κ2) is 5.69. The average Bonchev–Trinajstić information content (AvgIpc) is 2.82. The third-order valence-electron chi connectivity index (χ3n) is 2.71. The van der Waals surface area contributed by atoms with Gasteiger partial charge in [-0.25, -0.2) is 0 Å². The van der Waals surface area contributed by atoms with Crippen LogP contribution in [-0.2, 0) is 17.8 Å². The van der Waals surface area contributed by atoms with Crippen molar-refractivity contribution in [3.8, 4) is 0 Å². The Hall–Kier alpha value is -1.81. The van der Waals surface area contributed by atoms with Gasteiger partial charge in [-0.1, -0.05) is 18.2 Å². The number of nitrogens with zero attached hydrogens (tertiary/aromatic N) is 1. The van der Waals surface area contributed by atoms with Gasteiger partial charge in [0.1, 0.15) is 0 Å². The number of hydrogen-bond donors (Lipinski definition) is 1. The molecule has 0 aliphatic rings. The van der Waals surface area contributed by atoms with Crippen LogP contribution < -0.4 is 4.90 Å². The first-order chi connectivity index (χ1) is 8.65. The fraction of sp³-hybridized carbons (Fsp3) is 0.214. The molecule has 0 radical (unpaired) electrons. The third kappa shape index (κ3) is 3.34. The van der Waals surface area contributed by atoms with Crippen LogP contribution in [0.2, 0.25) is 0 Å². The van der Waals surface area contributed by atoms with Gasteiger partial charge in [0.2, 0.25) is 0 Å². The predicted octanol–water partition coefficient (Wildman–Crippen LogP) is 3.01. The van der Waals surface area contributed by atoms with E-state index >= 15 is 0 Å². The lowest BCUT2D eigenvalue weighted by molar-refractivity contribution is -0.136. The summed E-state index contributed by atoms with van der Waals surface area (Å²) >= 11 is 1.74. The number of thiophene rings is 1. The standard InChI is InChI=1S/C14H15NO2S/c1-15(10-13-3-2-8-18-13)12-6-4-11(5-7-12)9-14(16)17/h2-8H,9-10H2,1H3,(H,16,17). The number of rotatable bonds is 5. The Balaban J connectivity index is 2.02. The fourth-order valence-electron chi connectivity index (χ4n) is 1.77. The average molecular weight is 261 g/mol. The van der Waals surface area contributed by atoms with Gasteiger partial charge in [0.15, 0.2) is 0 Å². The van der Waals surface area contributed by atoms with Crippen LogP contribution in [-0.4, -0.2) is 18.1 Å². The van der Waals surface area contributed by atoms with Crippen molar-refractivity contribution in [1.82, 2.24) is 0 Å². The maximum atomic E-state index is 10.6. The van der Waals surface area contributed by atoms with Gasteiger partial charge in [0, 0.05) is 17.6 Å². The van der Waals surface area contributed by atoms with Crippen LogP contribution in [0.1, 0.15) is 10.4 Å². The molecule has 0 aliphatic heterocycles. The first-order valence-electron chi connectivity index (χ1n) is 5.69. The molecular weight excluding hydrogens is 246 g/mol. The van der Waals surface area contributed by atoms with Crippen LogP contribution in [0, 0.1) is 0 Å². The van der Waals surface area contributed by atoms with Gasteiger partial charge >= 0.3 is 5.97 Å². The monoisotopic (exact) mass is 261 g/mol. The highest BCUT2D eigenvalue weighted by Crippen LogP contribution is 2.18. The Morgan fingerprint density at radius 3 is 2.56 bits per heavy atom. The van der Waals surface area contributed by atoms with Crippen LogP contribution in [0.4, 0.5) is 5.69 Å². The quantitative estimate of drug-likeness (QED) is 0.899. The van der Waals surface area contributed by atoms with Gasteiger partial charge in [0.05, 0.1) is 13.0 Å². The van der Waals surface area contributed by atoms with E-state index in [1.165, 1.54) is 4.88 Å². The minimum absolute atomic E-state index is 0.0783. The first-order valence-corrected chi connectivity index (χ1v) is 6.57. The largest absolute Gasteiger partial charge is 0.481 e. The Morgan fingerprint density at radius 2 is 2.00 bits per heavy atom. The van der Waals surface area contributed by atoms with Crippen LogP contribution in [0.3, 0.4) is 0 Å². The molecule has 0 amide bonds. The van der Waals surface area contributed by atoms with Crippen molar-refractivity contribution in [2.24, 2.45) is 0 Å². The Morgan fingerprint density at radius 1 is 1.28 bits per heavy atom. The summed E-state index contributed by atoms with van der Waals surface area (Å²) in [4.78, 5) is 14.1. The zero-order chi connectivity index (χ0) is 13.0. The molecule has 3 nitrogen and oxygen atoms in total. The maximum absolute atomic E-state index is 10.6. The van der Waals surface area contributed by atoms with E-state index in [0.717, 1.165) is 17.8 Å². The SMILES string of the molecule is CN(Cc1cccs1)c1ccc(CC(=O)O)cc1. The van der Waals surface area contributed by atoms with E-state index in [0.29, 0.717) is 0 Å². The van der Waals surface area contributed by atoms with Crippen molar-refractivity contribution in [2.45, 2.75) is 13.0 Å². The number of carboxylic acids is 1. The number of anilines is 1. The van der Waals surface area contributed by atoms with E-state index in [4.69, 9.17) is 5.11 Å². The van der Waals surface area contributed by atoms with Crippen LogP contribution in [0.5, 0.6) is 0 Å². The van der Waals surface area contributed by atoms with Gasteiger partial charge in [-0.2, -0.15) is 0 Å². The molecule has 18 heavy (non-hydrogen) atoms. The van der Waals surface area contributed by atoms with Crippen molar-refractivity contribution >= 4 is 23.0 Å². The fourth-order valence-corrected chi connectivity index (χ4v) is 2.53. The first kappa shape index (κ1) is 12.6. The Bertz CT molecular complexity index is 505. The zero-order valence-corrected chi connectivity index (χ0v) is 11.0. The molecule has 94 valence electrons. The second-order valence-electron chi connectivity index (χ2n) is 4.17. The van der Waals surface area contributed by atoms with Crippen molar-refractivity contribution < 1.29 is 9.90 Å². The Labute approximate surface area is 110 Å². The molecule has 0 saturated heterocycles. The van der Waals surface area contributed by atoms with Crippen LogP contribution in [0.15, 0.2) is 41.8 Å². The normalized spacial score (nSPS) is 10.3. The Kier molecular flexibility index (Phi) is 3.99. The van der Waals surface area contributed by atoms with Crippen molar-refractivity contribution in [1.29, 1.82) is 0 Å². The third-order valence-corrected chi connectivity index (χ3v) is 3.57. The highest BCUT2D eigenvalue weighted by Gasteiger charge is 2.04. The summed E-state index contributed by atoms with van der Waals surface area (Å²) in [6.45, 7) is 0.871. The molecule has 1 aromatic heterocycles. The smallest absolute Gasteiger partial charge is 0.307 e. The van der Waals surface area contributed by atoms with Crippen molar-refractivity contribution in [3.63, 3.8) is 0 Å². The molecule has 0 spiro atoms. The van der Waals surface area contributed by atoms with Gasteiger partial charge in [-0.15, -0.1) is 11.3 Å². The molecule has 1 heterocycles. The van der Waals surface area contributed by atoms with E-state index < -0.39 is 5.97 Å². The highest BCUT2D eigenvalue weighted by molar-refractivity contribution is 7.09. The molecule has 1 N–H and O–H groups in total. The lowest BCUT2D eigenvalue weighted by atomic mass is 10.1. The van der Waals surface area contributed by atoms with E-state index in [1.807, 2.05) is 37.4 Å². The van der Waals surface area contributed by atoms with E-state index in [9.17, 15) is 4.79 Å². The van der Waals surface area contributed by atoms with Gasteiger partial charge in [0.25, 0.3) is 0 Å². The van der Waals surface area contributed by atoms with E-state index in [-0.39, 0.29) is 6.42 Å². The topological polar surface area (TPSA) is 40.5 Å². The molecule has 0 bridgehead atoms. The molecule has 0 atom stereocenters. The maximum Gasteiger partial charge on any atom is 0.307 e. The highest BCUT2D eigenvalue weighted by atomic mass is 32.1. The summed E-state index contributed by atoms with van der Waals surface area (Å²) in [5.41, 5.74) is 1.92. The molecule has 0 unspecified atom stereocenters. The molecule has 2 rings (SSSR count). The molecule has 2 aromatic rings. The number of carbonyl (C=O) groups is 1. The number of aliphatic carboxylic acids is 1. The molecule has 0 saturated carbocycles. The number of benzene rings is 1. The van der Waals surface area contributed by atoms with Crippen LogP contribution >= 0.6 is 11.3 Å². The van der Waals surface area contributed by atoms with Crippen LogP contribution in [0.25, 0.3) is 0 Å². The van der Waals surface area contributed by atoms with E-state index in [1.54, 1.807) is 11.3 Å². The summed E-state index contributed by atoms with van der Waals surface area (Å²) in [7, 11) is 2.03. The number of hydrogen-bond acceptors (Lipinski definition) is 3. The zero-order valence-electron chi connectivity index (χ0n) is 10.2. The summed E-state index contributed by atoms with van der Waals surface area (Å²) in [6, 6.07) is 11.8. The molecule has 0 aliphatic carbocycles. The minimum atomic E-state index is -0.797. The predicted molar refractivity (Wildman–Crippen MR) is 74.2 cm³/mol. The second-order valence-corrected chi connectivity index (χ2v) is 5.20. The molecule has 4 heteroatoms. The lowest BCUT2D eigenvalue weighted by Crippen LogP contribution is -2.15. The van der Waals surface area contributed by atoms with Crippen molar-refractivity contribution in [2.75, 3.05) is 11.9 Å². The summed E-state index contributed by atoms with van der Waals surface area (Å²) in [5, 5.41) is 10.8. The summed E-state index contributed by atoms with van der Waals surface area (Å²) in [5.74, 6) is -0.797. The molecule has 1 aromatic carbocycles. The molecular formula is C14H15NO2S. The summed E-state index contributed by atoms with van der Waals surface area (Å²) < 4.78 is 0. The number of carboxylic acid groups (broad SMARTS) is 1. The molecule has 0 fully saturated rings.